The van der Waals surface area contributed by atoms with Gasteiger partial charge in [0.2, 0.25) is 0 Å². The number of fused-ring (bicyclic) bond motifs is 1. The van der Waals surface area contributed by atoms with Gasteiger partial charge in [-0.15, -0.1) is 0 Å². The van der Waals surface area contributed by atoms with E-state index in [9.17, 15) is 4.79 Å². The summed E-state index contributed by atoms with van der Waals surface area (Å²) in [5, 5.41) is 1.22. The lowest BCUT2D eigenvalue weighted by molar-refractivity contribution is 0.0773. The zero-order valence-corrected chi connectivity index (χ0v) is 14.7. The second-order valence-electron chi connectivity index (χ2n) is 5.99. The fourth-order valence-corrected chi connectivity index (χ4v) is 3.58. The molecule has 4 rings (SSSR count). The Kier molecular flexibility index (Phi) is 3.98. The summed E-state index contributed by atoms with van der Waals surface area (Å²) in [7, 11) is 0. The van der Waals surface area contributed by atoms with Crippen molar-refractivity contribution in [2.24, 2.45) is 0 Å². The lowest BCUT2D eigenvalue weighted by Gasteiger charge is -2.26. The van der Waals surface area contributed by atoms with Gasteiger partial charge in [-0.3, -0.25) is 4.79 Å². The number of amides is 1. The van der Waals surface area contributed by atoms with Crippen LogP contribution in [0.1, 0.15) is 22.3 Å². The van der Waals surface area contributed by atoms with Crippen LogP contribution in [0.5, 0.6) is 0 Å². The fourth-order valence-electron chi connectivity index (χ4n) is 3.22. The highest BCUT2D eigenvalue weighted by molar-refractivity contribution is 9.10. The average Bonchev–Trinajstić information content (AvgIpc) is 3.05. The molecule has 1 aromatic heterocycles. The maximum Gasteiger partial charge on any atom is 0.254 e. The van der Waals surface area contributed by atoms with Gasteiger partial charge >= 0.3 is 0 Å². The van der Waals surface area contributed by atoms with E-state index in [-0.39, 0.29) is 5.91 Å². The van der Waals surface area contributed by atoms with Gasteiger partial charge in [0.1, 0.15) is 0 Å². The van der Waals surface area contributed by atoms with E-state index >= 15 is 0 Å². The van der Waals surface area contributed by atoms with E-state index in [1.54, 1.807) is 0 Å². The number of aromatic amines is 1. The summed E-state index contributed by atoms with van der Waals surface area (Å²) in [6, 6.07) is 15.8. The van der Waals surface area contributed by atoms with Crippen LogP contribution in [0.3, 0.4) is 0 Å². The van der Waals surface area contributed by atoms with Crippen LogP contribution in [0.4, 0.5) is 0 Å². The number of H-pyrrole nitrogens is 1. The highest BCUT2D eigenvalue weighted by Crippen LogP contribution is 2.31. The first kappa shape index (κ1) is 15.2. The molecular formula is C20H17BrN2O. The summed E-state index contributed by atoms with van der Waals surface area (Å²) in [6.07, 6.45) is 5.11. The second kappa shape index (κ2) is 6.29. The first-order valence-electron chi connectivity index (χ1n) is 8.03. The van der Waals surface area contributed by atoms with Gasteiger partial charge < -0.3 is 9.88 Å². The van der Waals surface area contributed by atoms with Gasteiger partial charge in [0.15, 0.2) is 0 Å². The normalized spacial score (nSPS) is 14.7. The summed E-state index contributed by atoms with van der Waals surface area (Å²) in [5.41, 5.74) is 4.43. The molecule has 120 valence electrons. The number of halogens is 1. The Morgan fingerprint density at radius 1 is 1.12 bits per heavy atom. The average molecular weight is 381 g/mol. The second-order valence-corrected chi connectivity index (χ2v) is 6.90. The summed E-state index contributed by atoms with van der Waals surface area (Å²) >= 11 is 3.54. The molecule has 0 aliphatic carbocycles. The molecule has 24 heavy (non-hydrogen) atoms. The molecule has 0 radical (unpaired) electrons. The van der Waals surface area contributed by atoms with E-state index in [4.69, 9.17) is 0 Å². The van der Waals surface area contributed by atoms with E-state index in [1.807, 2.05) is 41.3 Å². The van der Waals surface area contributed by atoms with Crippen molar-refractivity contribution in [1.29, 1.82) is 0 Å². The van der Waals surface area contributed by atoms with Crippen LogP contribution < -0.4 is 0 Å². The highest BCUT2D eigenvalue weighted by atomic mass is 79.9. The fraction of sp³-hybridized carbons (Fsp3) is 0.150. The van der Waals surface area contributed by atoms with E-state index in [1.165, 1.54) is 16.5 Å². The van der Waals surface area contributed by atoms with Crippen LogP contribution in [-0.2, 0) is 0 Å². The number of carbonyl (C=O) groups excluding carboxylic acids is 1. The van der Waals surface area contributed by atoms with E-state index in [0.29, 0.717) is 6.54 Å². The largest absolute Gasteiger partial charge is 0.361 e. The molecular weight excluding hydrogens is 364 g/mol. The Bertz CT molecular complexity index is 927. The zero-order chi connectivity index (χ0) is 16.5. The number of hydrogen-bond acceptors (Lipinski definition) is 1. The van der Waals surface area contributed by atoms with Gasteiger partial charge in [0, 0.05) is 45.8 Å². The number of carbonyl (C=O) groups is 1. The summed E-state index contributed by atoms with van der Waals surface area (Å²) in [4.78, 5) is 17.8. The number of aromatic nitrogens is 1. The van der Waals surface area contributed by atoms with Gasteiger partial charge in [-0.2, -0.15) is 0 Å². The Hall–Kier alpha value is -2.33. The van der Waals surface area contributed by atoms with Crippen LogP contribution >= 0.6 is 15.9 Å². The number of hydrogen-bond donors (Lipinski definition) is 1. The summed E-state index contributed by atoms with van der Waals surface area (Å²) in [5.74, 6) is 0.104. The van der Waals surface area contributed by atoms with Crippen molar-refractivity contribution in [3.8, 4) is 0 Å². The van der Waals surface area contributed by atoms with Crippen molar-refractivity contribution in [1.82, 2.24) is 9.88 Å². The molecule has 0 saturated carbocycles. The summed E-state index contributed by atoms with van der Waals surface area (Å²) in [6.45, 7) is 1.41. The third kappa shape index (κ3) is 2.78. The Morgan fingerprint density at radius 3 is 2.71 bits per heavy atom. The van der Waals surface area contributed by atoms with Crippen LogP contribution in [0.2, 0.25) is 0 Å². The number of rotatable bonds is 2. The molecule has 0 bridgehead atoms. The predicted octanol–water partition coefficient (Wildman–Crippen LogP) is 4.86. The van der Waals surface area contributed by atoms with Crippen molar-refractivity contribution in [2.45, 2.75) is 6.42 Å². The number of benzene rings is 2. The topological polar surface area (TPSA) is 36.1 Å². The van der Waals surface area contributed by atoms with Crippen LogP contribution in [0.25, 0.3) is 16.5 Å². The van der Waals surface area contributed by atoms with Crippen molar-refractivity contribution >= 4 is 38.3 Å². The summed E-state index contributed by atoms with van der Waals surface area (Å²) < 4.78 is 1.08. The third-order valence-electron chi connectivity index (χ3n) is 4.51. The SMILES string of the molecule is O=C(c1ccccc1)N1CC=C(c2c[nH]c3ccc(Br)cc23)CC1. The molecule has 0 fully saturated rings. The quantitative estimate of drug-likeness (QED) is 0.676. The predicted molar refractivity (Wildman–Crippen MR) is 101 cm³/mol. The molecule has 3 aromatic rings. The van der Waals surface area contributed by atoms with Crippen LogP contribution in [0.15, 0.2) is 65.3 Å². The zero-order valence-electron chi connectivity index (χ0n) is 13.1. The maximum absolute atomic E-state index is 12.5. The van der Waals surface area contributed by atoms with Crippen molar-refractivity contribution < 1.29 is 4.79 Å². The molecule has 0 spiro atoms. The van der Waals surface area contributed by atoms with Crippen LogP contribution in [0, 0.1) is 0 Å². The molecule has 0 saturated heterocycles. The van der Waals surface area contributed by atoms with E-state index in [2.05, 4.69) is 45.3 Å². The Morgan fingerprint density at radius 2 is 1.96 bits per heavy atom. The lowest BCUT2D eigenvalue weighted by atomic mass is 9.98. The minimum atomic E-state index is 0.104. The molecule has 3 nitrogen and oxygen atoms in total. The smallest absolute Gasteiger partial charge is 0.254 e. The van der Waals surface area contributed by atoms with Crippen LogP contribution in [-0.4, -0.2) is 28.9 Å². The highest BCUT2D eigenvalue weighted by Gasteiger charge is 2.20. The van der Waals surface area contributed by atoms with Crippen molar-refractivity contribution in [3.63, 3.8) is 0 Å². The minimum Gasteiger partial charge on any atom is -0.361 e. The molecule has 1 N–H and O–H groups in total. The molecule has 2 heterocycles. The first-order valence-corrected chi connectivity index (χ1v) is 8.82. The molecule has 1 aliphatic rings. The van der Waals surface area contributed by atoms with E-state index < -0.39 is 0 Å². The monoisotopic (exact) mass is 380 g/mol. The standard InChI is InChI=1S/C20H17BrN2O/c21-16-6-7-19-17(12-16)18(13-22-19)14-8-10-23(11-9-14)20(24)15-4-2-1-3-5-15/h1-8,12-13,22H,9-11H2. The van der Waals surface area contributed by atoms with Gasteiger partial charge in [0.25, 0.3) is 5.91 Å². The molecule has 1 aliphatic heterocycles. The molecule has 4 heteroatoms. The van der Waals surface area contributed by atoms with Gasteiger partial charge in [-0.1, -0.05) is 40.2 Å². The van der Waals surface area contributed by atoms with Gasteiger partial charge in [-0.05, 0) is 42.3 Å². The molecule has 1 amide bonds. The maximum atomic E-state index is 12.5. The first-order chi connectivity index (χ1) is 11.7. The van der Waals surface area contributed by atoms with Gasteiger partial charge in [0.05, 0.1) is 0 Å². The Labute approximate surface area is 149 Å². The van der Waals surface area contributed by atoms with E-state index in [0.717, 1.165) is 28.5 Å². The van der Waals surface area contributed by atoms with Gasteiger partial charge in [-0.25, -0.2) is 0 Å². The Balaban J connectivity index is 1.58. The third-order valence-corrected chi connectivity index (χ3v) is 5.00. The number of nitrogens with one attached hydrogen (secondary N) is 1. The van der Waals surface area contributed by atoms with Crippen molar-refractivity contribution in [3.05, 3.63) is 76.4 Å². The number of nitrogens with zero attached hydrogens (tertiary/aromatic N) is 1. The lowest BCUT2D eigenvalue weighted by Crippen LogP contribution is -2.34. The molecule has 2 aromatic carbocycles. The van der Waals surface area contributed by atoms with Crippen molar-refractivity contribution in [2.75, 3.05) is 13.1 Å². The minimum absolute atomic E-state index is 0.104. The molecule has 0 unspecified atom stereocenters. The molecule has 0 atom stereocenters.